The third-order valence-corrected chi connectivity index (χ3v) is 12.2. The summed E-state index contributed by atoms with van der Waals surface area (Å²) in [4.78, 5) is 27.2. The first-order chi connectivity index (χ1) is 27.0. The van der Waals surface area contributed by atoms with Crippen LogP contribution in [0, 0.1) is 35.5 Å². The maximum absolute atomic E-state index is 12.3. The van der Waals surface area contributed by atoms with Crippen molar-refractivity contribution in [3.8, 4) is 0 Å². The van der Waals surface area contributed by atoms with Gasteiger partial charge in [0.15, 0.2) is 0 Å². The lowest BCUT2D eigenvalue weighted by molar-refractivity contribution is -0.146. The molecular weight excluding hydrogens is 699 g/mol. The van der Waals surface area contributed by atoms with Gasteiger partial charge in [-0.1, -0.05) is 145 Å². The van der Waals surface area contributed by atoms with Crippen molar-refractivity contribution in [3.05, 3.63) is 0 Å². The molecule has 0 amide bonds. The van der Waals surface area contributed by atoms with Crippen LogP contribution in [0.2, 0.25) is 0 Å². The number of rotatable bonds is 38. The lowest BCUT2D eigenvalue weighted by Crippen LogP contribution is -2.36. The van der Waals surface area contributed by atoms with E-state index in [1.165, 1.54) is 96.3 Å². The van der Waals surface area contributed by atoms with Gasteiger partial charge in [0.05, 0.1) is 32.5 Å². The van der Waals surface area contributed by atoms with E-state index >= 15 is 0 Å². The van der Waals surface area contributed by atoms with E-state index in [4.69, 9.17) is 18.9 Å². The Hall–Kier alpha value is -1.18. The summed E-state index contributed by atoms with van der Waals surface area (Å²) in [5, 5.41) is 0. The van der Waals surface area contributed by atoms with Crippen molar-refractivity contribution >= 4 is 11.9 Å². The molecule has 1 aliphatic heterocycles. The van der Waals surface area contributed by atoms with Gasteiger partial charge in [0.25, 0.3) is 0 Å². The van der Waals surface area contributed by atoms with E-state index in [9.17, 15) is 9.59 Å². The fourth-order valence-corrected chi connectivity index (χ4v) is 7.73. The zero-order valence-corrected chi connectivity index (χ0v) is 38.6. The third-order valence-electron chi connectivity index (χ3n) is 12.2. The predicted octanol–water partition coefficient (Wildman–Crippen LogP) is 13.0. The molecular formula is C49H95NO6. The van der Waals surface area contributed by atoms with Crippen LogP contribution in [0.15, 0.2) is 0 Å². The van der Waals surface area contributed by atoms with Gasteiger partial charge in [0.1, 0.15) is 0 Å². The van der Waals surface area contributed by atoms with Crippen LogP contribution in [0.1, 0.15) is 209 Å². The Morgan fingerprint density at radius 1 is 0.500 bits per heavy atom. The minimum absolute atomic E-state index is 0.00995. The molecule has 56 heavy (non-hydrogen) atoms. The van der Waals surface area contributed by atoms with Gasteiger partial charge < -0.3 is 18.9 Å². The normalized spacial score (nSPS) is 15.6. The SMILES string of the molecule is CC(C)CCC(COC(=O)CCCCCCCCCC(CCCCCCCCCC(=O)OCC(CCC(C)C)C(C)C)OCCCCN1CCOCC1)C(C)C. The molecule has 1 rings (SSSR count). The van der Waals surface area contributed by atoms with Crippen LogP contribution >= 0.6 is 0 Å². The zero-order chi connectivity index (χ0) is 41.2. The van der Waals surface area contributed by atoms with Crippen molar-refractivity contribution in [2.75, 3.05) is 52.7 Å². The Kier molecular flexibility index (Phi) is 33.7. The molecule has 0 aromatic rings. The number of hydrogen-bond acceptors (Lipinski definition) is 7. The summed E-state index contributed by atoms with van der Waals surface area (Å²) in [6.45, 7) is 25.1. The number of carbonyl (C=O) groups excluding carboxylic acids is 2. The summed E-state index contributed by atoms with van der Waals surface area (Å²) in [7, 11) is 0. The van der Waals surface area contributed by atoms with Crippen LogP contribution in [-0.4, -0.2) is 75.6 Å². The lowest BCUT2D eigenvalue weighted by atomic mass is 9.89. The molecule has 2 unspecified atom stereocenters. The number of carbonyl (C=O) groups is 2. The molecule has 0 spiro atoms. The second kappa shape index (κ2) is 35.7. The number of morpholine rings is 1. The van der Waals surface area contributed by atoms with Gasteiger partial charge in [0.2, 0.25) is 0 Å². The van der Waals surface area contributed by atoms with Crippen molar-refractivity contribution in [2.45, 2.75) is 216 Å². The molecule has 1 fully saturated rings. The molecule has 0 bridgehead atoms. The average Bonchev–Trinajstić information content (AvgIpc) is 3.15. The van der Waals surface area contributed by atoms with Crippen LogP contribution in [0.25, 0.3) is 0 Å². The molecule has 0 aromatic carbocycles. The molecule has 0 saturated carbocycles. The molecule has 7 heteroatoms. The monoisotopic (exact) mass is 794 g/mol. The smallest absolute Gasteiger partial charge is 0.305 e. The molecule has 1 aliphatic rings. The lowest BCUT2D eigenvalue weighted by Gasteiger charge is -2.26. The summed E-state index contributed by atoms with van der Waals surface area (Å²) in [5.41, 5.74) is 0. The summed E-state index contributed by atoms with van der Waals surface area (Å²) in [6, 6.07) is 0. The van der Waals surface area contributed by atoms with Crippen LogP contribution in [0.3, 0.4) is 0 Å². The summed E-state index contributed by atoms with van der Waals surface area (Å²) < 4.78 is 23.4. The van der Waals surface area contributed by atoms with Crippen molar-refractivity contribution in [3.63, 3.8) is 0 Å². The number of hydrogen-bond donors (Lipinski definition) is 0. The minimum Gasteiger partial charge on any atom is -0.465 e. The Balaban J connectivity index is 2.21. The van der Waals surface area contributed by atoms with Crippen LogP contribution in [-0.2, 0) is 28.5 Å². The maximum Gasteiger partial charge on any atom is 0.305 e. The number of esters is 2. The summed E-state index contributed by atoms with van der Waals surface area (Å²) in [5.74, 6) is 3.44. The van der Waals surface area contributed by atoms with Gasteiger partial charge in [-0.2, -0.15) is 0 Å². The Labute approximate surface area is 348 Å². The molecule has 1 heterocycles. The van der Waals surface area contributed by atoms with E-state index < -0.39 is 0 Å². The number of nitrogens with zero attached hydrogens (tertiary/aromatic N) is 1. The molecule has 7 nitrogen and oxygen atoms in total. The van der Waals surface area contributed by atoms with E-state index in [1.807, 2.05) is 0 Å². The highest BCUT2D eigenvalue weighted by Crippen LogP contribution is 2.23. The second-order valence-electron chi connectivity index (χ2n) is 19.0. The minimum atomic E-state index is -0.00995. The van der Waals surface area contributed by atoms with Gasteiger partial charge in [-0.05, 0) is 93.4 Å². The van der Waals surface area contributed by atoms with E-state index in [-0.39, 0.29) is 11.9 Å². The molecule has 2 atom stereocenters. The van der Waals surface area contributed by atoms with Crippen molar-refractivity contribution in [2.24, 2.45) is 35.5 Å². The first-order valence-electron chi connectivity index (χ1n) is 24.2. The zero-order valence-electron chi connectivity index (χ0n) is 38.6. The number of ether oxygens (including phenoxy) is 4. The Morgan fingerprint density at radius 3 is 1.32 bits per heavy atom. The molecule has 0 aromatic heterocycles. The first-order valence-corrected chi connectivity index (χ1v) is 24.2. The second-order valence-corrected chi connectivity index (χ2v) is 19.0. The van der Waals surface area contributed by atoms with E-state index in [1.54, 1.807) is 0 Å². The third kappa shape index (κ3) is 31.8. The maximum atomic E-state index is 12.3. The van der Waals surface area contributed by atoms with Crippen LogP contribution < -0.4 is 0 Å². The fourth-order valence-electron chi connectivity index (χ4n) is 7.73. The highest BCUT2D eigenvalue weighted by molar-refractivity contribution is 5.69. The molecule has 1 saturated heterocycles. The molecule has 0 aliphatic carbocycles. The van der Waals surface area contributed by atoms with Gasteiger partial charge in [-0.15, -0.1) is 0 Å². The standard InChI is InChI=1S/C49H95NO6/c1-41(2)29-31-45(43(5)6)39-55-48(51)27-21-17-13-9-11-15-19-25-47(54-36-24-23-33-50-34-37-53-38-35-50)26-20-16-12-10-14-18-22-28-49(52)56-40-46(44(7)8)32-30-42(3)4/h41-47H,9-40H2,1-8H3. The van der Waals surface area contributed by atoms with Crippen molar-refractivity contribution in [1.29, 1.82) is 0 Å². The predicted molar refractivity (Wildman–Crippen MR) is 236 cm³/mol. The first kappa shape index (κ1) is 52.8. The van der Waals surface area contributed by atoms with E-state index in [0.717, 1.165) is 84.4 Å². The topological polar surface area (TPSA) is 74.3 Å². The Morgan fingerprint density at radius 2 is 0.911 bits per heavy atom. The molecule has 0 N–H and O–H groups in total. The van der Waals surface area contributed by atoms with Gasteiger partial charge in [0, 0.05) is 32.5 Å². The Bertz CT molecular complexity index is 843. The quantitative estimate of drug-likeness (QED) is 0.0455. The van der Waals surface area contributed by atoms with E-state index in [0.29, 0.717) is 67.7 Å². The van der Waals surface area contributed by atoms with Crippen LogP contribution in [0.4, 0.5) is 0 Å². The number of unbranched alkanes of at least 4 members (excludes halogenated alkanes) is 13. The summed E-state index contributed by atoms with van der Waals surface area (Å²) >= 11 is 0. The average molecular weight is 794 g/mol. The van der Waals surface area contributed by atoms with E-state index in [2.05, 4.69) is 60.3 Å². The van der Waals surface area contributed by atoms with Crippen LogP contribution in [0.5, 0.6) is 0 Å². The van der Waals surface area contributed by atoms with Gasteiger partial charge in [-0.3, -0.25) is 14.5 Å². The van der Waals surface area contributed by atoms with Crippen molar-refractivity contribution in [1.82, 2.24) is 4.90 Å². The van der Waals surface area contributed by atoms with Gasteiger partial charge >= 0.3 is 11.9 Å². The van der Waals surface area contributed by atoms with Crippen molar-refractivity contribution < 1.29 is 28.5 Å². The highest BCUT2D eigenvalue weighted by Gasteiger charge is 2.18. The largest absolute Gasteiger partial charge is 0.465 e. The van der Waals surface area contributed by atoms with Gasteiger partial charge in [-0.25, -0.2) is 0 Å². The molecule has 332 valence electrons. The summed E-state index contributed by atoms with van der Waals surface area (Å²) in [6.07, 6.45) is 27.6. The molecule has 0 radical (unpaired) electrons. The fraction of sp³-hybridized carbons (Fsp3) is 0.959. The highest BCUT2D eigenvalue weighted by atomic mass is 16.5.